The molecule has 0 atom stereocenters. The van der Waals surface area contributed by atoms with Crippen LogP contribution >= 0.6 is 0 Å². The molecule has 1 amide bonds. The van der Waals surface area contributed by atoms with Crippen LogP contribution in [0.4, 0.5) is 14.5 Å². The summed E-state index contributed by atoms with van der Waals surface area (Å²) in [5, 5.41) is 2.94. The van der Waals surface area contributed by atoms with Crippen LogP contribution in [-0.4, -0.2) is 42.8 Å². The van der Waals surface area contributed by atoms with Gasteiger partial charge >= 0.3 is 0 Å². The summed E-state index contributed by atoms with van der Waals surface area (Å²) in [5.41, 5.74) is 3.58. The highest BCUT2D eigenvalue weighted by Crippen LogP contribution is 2.32. The predicted octanol–water partition coefficient (Wildman–Crippen LogP) is 3.41. The molecule has 0 radical (unpaired) electrons. The highest BCUT2D eigenvalue weighted by molar-refractivity contribution is 5.96. The minimum atomic E-state index is -0.617. The maximum absolute atomic E-state index is 14.3. The Morgan fingerprint density at radius 1 is 1.21 bits per heavy atom. The first-order valence-electron chi connectivity index (χ1n) is 9.56. The van der Waals surface area contributed by atoms with Crippen LogP contribution in [0.1, 0.15) is 41.2 Å². The second-order valence-electron chi connectivity index (χ2n) is 7.46. The lowest BCUT2D eigenvalue weighted by Crippen LogP contribution is -2.37. The molecule has 152 valence electrons. The third-order valence-electron chi connectivity index (χ3n) is 5.03. The summed E-state index contributed by atoms with van der Waals surface area (Å²) in [7, 11) is 0. The molecule has 1 aromatic carbocycles. The van der Waals surface area contributed by atoms with Gasteiger partial charge in [0.1, 0.15) is 17.3 Å². The summed E-state index contributed by atoms with van der Waals surface area (Å²) >= 11 is 0. The summed E-state index contributed by atoms with van der Waals surface area (Å²) in [6, 6.07) is 3.52. The first-order chi connectivity index (χ1) is 13.3. The molecule has 3 rings (SSSR count). The lowest BCUT2D eigenvalue weighted by molar-refractivity contribution is 0.0933. The molecule has 1 saturated heterocycles. The Labute approximate surface area is 164 Å². The number of morpholine rings is 1. The maximum atomic E-state index is 14.3. The van der Waals surface area contributed by atoms with E-state index in [-0.39, 0.29) is 18.5 Å². The molecule has 0 aliphatic carbocycles. The van der Waals surface area contributed by atoms with Crippen LogP contribution < -0.4 is 10.2 Å². The van der Waals surface area contributed by atoms with E-state index in [1.54, 1.807) is 0 Å². The molecule has 0 unspecified atom stereocenters. The Hall–Kier alpha value is -2.41. The molecule has 2 heterocycles. The van der Waals surface area contributed by atoms with E-state index >= 15 is 0 Å². The van der Waals surface area contributed by atoms with Gasteiger partial charge in [-0.25, -0.2) is 8.78 Å². The minimum Gasteiger partial charge on any atom is -0.378 e. The number of amides is 1. The molecular formula is C21H27F2N3O2. The van der Waals surface area contributed by atoms with E-state index in [4.69, 9.17) is 4.74 Å². The number of halogens is 2. The van der Waals surface area contributed by atoms with E-state index in [2.05, 4.69) is 10.2 Å². The van der Waals surface area contributed by atoms with Gasteiger partial charge in [0, 0.05) is 42.0 Å². The molecule has 5 nitrogen and oxygen atoms in total. The number of nitrogens with one attached hydrogen (secondary N) is 1. The Morgan fingerprint density at radius 2 is 1.89 bits per heavy atom. The smallest absolute Gasteiger partial charge is 0.268 e. The number of carbonyl (C=O) groups excluding carboxylic acids is 1. The van der Waals surface area contributed by atoms with Gasteiger partial charge in [0.15, 0.2) is 0 Å². The number of aromatic nitrogens is 1. The average Bonchev–Trinajstić information content (AvgIpc) is 2.87. The molecule has 7 heteroatoms. The van der Waals surface area contributed by atoms with Gasteiger partial charge in [-0.15, -0.1) is 0 Å². The number of hydrogen-bond acceptors (Lipinski definition) is 3. The van der Waals surface area contributed by atoms with Gasteiger partial charge in [0.05, 0.1) is 25.4 Å². The van der Waals surface area contributed by atoms with Gasteiger partial charge in [-0.05, 0) is 33.8 Å². The molecule has 1 N–H and O–H groups in total. The molecule has 0 saturated carbocycles. The van der Waals surface area contributed by atoms with Crippen molar-refractivity contribution in [3.05, 3.63) is 52.3 Å². The van der Waals surface area contributed by atoms with Crippen molar-refractivity contribution in [3.8, 4) is 0 Å². The number of carbonyl (C=O) groups is 1. The van der Waals surface area contributed by atoms with Crippen LogP contribution in [0.5, 0.6) is 0 Å². The zero-order chi connectivity index (χ0) is 20.4. The Balaban J connectivity index is 2.08. The topological polar surface area (TPSA) is 46.5 Å². The Morgan fingerprint density at radius 3 is 2.50 bits per heavy atom. The van der Waals surface area contributed by atoms with Crippen molar-refractivity contribution in [1.82, 2.24) is 9.88 Å². The first kappa shape index (κ1) is 20.3. The zero-order valence-corrected chi connectivity index (χ0v) is 16.8. The number of benzene rings is 1. The molecule has 0 spiro atoms. The van der Waals surface area contributed by atoms with Gasteiger partial charge < -0.3 is 19.5 Å². The second-order valence-corrected chi connectivity index (χ2v) is 7.46. The van der Waals surface area contributed by atoms with Gasteiger partial charge in [0.25, 0.3) is 5.91 Å². The van der Waals surface area contributed by atoms with Gasteiger partial charge in [-0.2, -0.15) is 0 Å². The van der Waals surface area contributed by atoms with E-state index < -0.39 is 11.6 Å². The van der Waals surface area contributed by atoms with E-state index in [9.17, 15) is 13.6 Å². The molecule has 1 aliphatic heterocycles. The van der Waals surface area contributed by atoms with Gasteiger partial charge in [-0.1, -0.05) is 6.07 Å². The normalized spacial score (nSPS) is 14.6. The van der Waals surface area contributed by atoms with Crippen molar-refractivity contribution in [2.75, 3.05) is 31.2 Å². The lowest BCUT2D eigenvalue weighted by Gasteiger charge is -2.29. The van der Waals surface area contributed by atoms with Crippen molar-refractivity contribution >= 4 is 11.6 Å². The third-order valence-corrected chi connectivity index (χ3v) is 5.03. The van der Waals surface area contributed by atoms with E-state index in [0.717, 1.165) is 36.1 Å². The highest BCUT2D eigenvalue weighted by Gasteiger charge is 2.27. The fourth-order valence-corrected chi connectivity index (χ4v) is 3.78. The standard InChI is InChI=1S/C21H27F2N3O2/c1-13(2)24-21(27)20-14(3)19(25-7-9-28-10-8-25)15(4)26(20)12-16-5-6-17(22)11-18(16)23/h5-6,11,13H,7-10,12H2,1-4H3,(H,24,27). The monoisotopic (exact) mass is 391 g/mol. The summed E-state index contributed by atoms with van der Waals surface area (Å²) in [6.07, 6.45) is 0. The summed E-state index contributed by atoms with van der Waals surface area (Å²) in [5.74, 6) is -1.43. The zero-order valence-electron chi connectivity index (χ0n) is 16.8. The number of rotatable bonds is 5. The van der Waals surface area contributed by atoms with E-state index in [1.165, 1.54) is 12.1 Å². The number of nitrogens with zero attached hydrogens (tertiary/aromatic N) is 2. The van der Waals surface area contributed by atoms with E-state index in [1.807, 2.05) is 32.3 Å². The largest absolute Gasteiger partial charge is 0.378 e. The van der Waals surface area contributed by atoms with Crippen LogP contribution in [0.3, 0.4) is 0 Å². The van der Waals surface area contributed by atoms with Crippen LogP contribution in [-0.2, 0) is 11.3 Å². The minimum absolute atomic E-state index is 0.0232. The van der Waals surface area contributed by atoms with Crippen LogP contribution in [0.2, 0.25) is 0 Å². The predicted molar refractivity (Wildman–Crippen MR) is 105 cm³/mol. The number of anilines is 1. The first-order valence-corrected chi connectivity index (χ1v) is 9.56. The second kappa shape index (κ2) is 8.31. The van der Waals surface area contributed by atoms with Crippen molar-refractivity contribution in [3.63, 3.8) is 0 Å². The van der Waals surface area contributed by atoms with Crippen LogP contribution in [0.25, 0.3) is 0 Å². The summed E-state index contributed by atoms with van der Waals surface area (Å²) in [6.45, 7) is 10.5. The number of ether oxygens (including phenoxy) is 1. The van der Waals surface area contributed by atoms with Gasteiger partial charge in [0.2, 0.25) is 0 Å². The molecule has 1 aliphatic rings. The Bertz CT molecular complexity index is 871. The van der Waals surface area contributed by atoms with Crippen molar-refractivity contribution in [1.29, 1.82) is 0 Å². The lowest BCUT2D eigenvalue weighted by atomic mass is 10.1. The van der Waals surface area contributed by atoms with Crippen molar-refractivity contribution in [2.24, 2.45) is 0 Å². The molecular weight excluding hydrogens is 364 g/mol. The van der Waals surface area contributed by atoms with Crippen molar-refractivity contribution in [2.45, 2.75) is 40.3 Å². The van der Waals surface area contributed by atoms with Crippen LogP contribution in [0, 0.1) is 25.5 Å². The Kier molecular flexibility index (Phi) is 6.03. The molecule has 1 aromatic heterocycles. The van der Waals surface area contributed by atoms with Gasteiger partial charge in [-0.3, -0.25) is 4.79 Å². The SMILES string of the molecule is Cc1c(N2CCOCC2)c(C)n(Cc2ccc(F)cc2F)c1C(=O)NC(C)C. The average molecular weight is 391 g/mol. The van der Waals surface area contributed by atoms with E-state index in [0.29, 0.717) is 24.5 Å². The quantitative estimate of drug-likeness (QED) is 0.850. The number of hydrogen-bond donors (Lipinski definition) is 1. The third kappa shape index (κ3) is 4.04. The fraction of sp³-hybridized carbons (Fsp3) is 0.476. The summed E-state index contributed by atoms with van der Waals surface area (Å²) < 4.78 is 34.9. The molecule has 28 heavy (non-hydrogen) atoms. The highest BCUT2D eigenvalue weighted by atomic mass is 19.1. The van der Waals surface area contributed by atoms with Crippen LogP contribution in [0.15, 0.2) is 18.2 Å². The van der Waals surface area contributed by atoms with Crippen molar-refractivity contribution < 1.29 is 18.3 Å². The molecule has 2 aromatic rings. The molecule has 0 bridgehead atoms. The molecule has 1 fully saturated rings. The summed E-state index contributed by atoms with van der Waals surface area (Å²) in [4.78, 5) is 15.2. The maximum Gasteiger partial charge on any atom is 0.268 e. The fourth-order valence-electron chi connectivity index (χ4n) is 3.78.